The lowest BCUT2D eigenvalue weighted by Gasteiger charge is -2.36. The Morgan fingerprint density at radius 2 is 1.82 bits per heavy atom. The second-order valence-corrected chi connectivity index (χ2v) is 6.41. The van der Waals surface area contributed by atoms with E-state index < -0.39 is 5.97 Å². The number of aromatic nitrogens is 1. The molecule has 1 N–H and O–H groups in total. The van der Waals surface area contributed by atoms with Crippen LogP contribution in [0.25, 0.3) is 0 Å². The van der Waals surface area contributed by atoms with Gasteiger partial charge in [-0.1, -0.05) is 0 Å². The molecule has 1 aromatic carbocycles. The summed E-state index contributed by atoms with van der Waals surface area (Å²) in [4.78, 5) is 43.9. The van der Waals surface area contributed by atoms with Gasteiger partial charge in [0.25, 0.3) is 5.91 Å². The van der Waals surface area contributed by atoms with Gasteiger partial charge in [-0.25, -0.2) is 4.79 Å². The van der Waals surface area contributed by atoms with Crippen molar-refractivity contribution in [1.29, 1.82) is 0 Å². The second kappa shape index (κ2) is 8.51. The summed E-state index contributed by atoms with van der Waals surface area (Å²) in [5.41, 5.74) is 2.05. The van der Waals surface area contributed by atoms with Crippen LogP contribution in [0.1, 0.15) is 27.6 Å². The maximum atomic E-state index is 12.6. The molecule has 1 aliphatic rings. The summed E-state index contributed by atoms with van der Waals surface area (Å²) in [5, 5.41) is 2.87. The van der Waals surface area contributed by atoms with E-state index in [-0.39, 0.29) is 11.8 Å². The van der Waals surface area contributed by atoms with Gasteiger partial charge in [-0.05, 0) is 30.3 Å². The molecule has 0 saturated carbocycles. The number of hydrogen-bond donors (Lipinski definition) is 1. The number of hydrogen-bond acceptors (Lipinski definition) is 6. The summed E-state index contributed by atoms with van der Waals surface area (Å²) in [6.07, 6.45) is 3.07. The fraction of sp³-hybridized carbons (Fsp3) is 0.300. The Kier molecular flexibility index (Phi) is 5.88. The molecule has 8 heteroatoms. The molecule has 0 spiro atoms. The van der Waals surface area contributed by atoms with E-state index in [1.807, 2.05) is 0 Å². The zero-order valence-electron chi connectivity index (χ0n) is 15.8. The van der Waals surface area contributed by atoms with E-state index in [1.54, 1.807) is 48.4 Å². The van der Waals surface area contributed by atoms with Crippen LogP contribution >= 0.6 is 0 Å². The van der Waals surface area contributed by atoms with E-state index in [0.29, 0.717) is 43.0 Å². The maximum Gasteiger partial charge on any atom is 0.337 e. The van der Waals surface area contributed by atoms with Crippen LogP contribution in [0.5, 0.6) is 0 Å². The number of pyridine rings is 1. The van der Waals surface area contributed by atoms with Crippen LogP contribution < -0.4 is 10.2 Å². The molecule has 2 heterocycles. The third-order valence-electron chi connectivity index (χ3n) is 4.66. The Hall–Kier alpha value is -3.42. The standard InChI is InChI=1S/C20H22N4O4/c1-14(25)23-8-10-24(11-9-23)18-6-5-15(20(27)28-2)12-17(18)22-19(26)16-4-3-7-21-13-16/h3-7,12-13H,8-11H2,1-2H3,(H,22,26). The van der Waals surface area contributed by atoms with Crippen molar-refractivity contribution in [2.75, 3.05) is 43.5 Å². The number of esters is 1. The van der Waals surface area contributed by atoms with E-state index in [4.69, 9.17) is 4.74 Å². The van der Waals surface area contributed by atoms with Crippen molar-refractivity contribution >= 4 is 29.2 Å². The van der Waals surface area contributed by atoms with Crippen molar-refractivity contribution in [3.8, 4) is 0 Å². The third kappa shape index (κ3) is 4.28. The molecule has 0 aliphatic carbocycles. The van der Waals surface area contributed by atoms with Crippen LogP contribution in [0.3, 0.4) is 0 Å². The Bertz CT molecular complexity index is 877. The highest BCUT2D eigenvalue weighted by Gasteiger charge is 2.22. The summed E-state index contributed by atoms with van der Waals surface area (Å²) in [6.45, 7) is 4.02. The molecule has 3 rings (SSSR count). The van der Waals surface area contributed by atoms with Crippen molar-refractivity contribution < 1.29 is 19.1 Å². The molecule has 8 nitrogen and oxygen atoms in total. The molecule has 0 radical (unpaired) electrons. The number of rotatable bonds is 4. The number of carbonyl (C=O) groups excluding carboxylic acids is 3. The van der Waals surface area contributed by atoms with Gasteiger partial charge in [-0.2, -0.15) is 0 Å². The van der Waals surface area contributed by atoms with E-state index >= 15 is 0 Å². The van der Waals surface area contributed by atoms with Crippen molar-refractivity contribution in [3.63, 3.8) is 0 Å². The number of anilines is 2. The lowest BCUT2D eigenvalue weighted by molar-refractivity contribution is -0.129. The van der Waals surface area contributed by atoms with Gasteiger partial charge in [-0.3, -0.25) is 14.6 Å². The van der Waals surface area contributed by atoms with Gasteiger partial charge >= 0.3 is 5.97 Å². The lowest BCUT2D eigenvalue weighted by Crippen LogP contribution is -2.48. The monoisotopic (exact) mass is 382 g/mol. The number of piperazine rings is 1. The van der Waals surface area contributed by atoms with Crippen molar-refractivity contribution in [2.45, 2.75) is 6.92 Å². The van der Waals surface area contributed by atoms with Crippen molar-refractivity contribution in [2.24, 2.45) is 0 Å². The van der Waals surface area contributed by atoms with Crippen LogP contribution in [0.15, 0.2) is 42.7 Å². The molecule has 1 aliphatic heterocycles. The number of carbonyl (C=O) groups is 3. The number of amides is 2. The smallest absolute Gasteiger partial charge is 0.337 e. The Labute approximate surface area is 163 Å². The molecule has 28 heavy (non-hydrogen) atoms. The van der Waals surface area contributed by atoms with Gasteiger partial charge in [0.15, 0.2) is 0 Å². The first-order chi connectivity index (χ1) is 13.5. The molecule has 2 amide bonds. The molecule has 1 aromatic heterocycles. The molecule has 0 unspecified atom stereocenters. The van der Waals surface area contributed by atoms with E-state index in [9.17, 15) is 14.4 Å². The van der Waals surface area contributed by atoms with Crippen molar-refractivity contribution in [1.82, 2.24) is 9.88 Å². The Morgan fingerprint density at radius 1 is 1.07 bits per heavy atom. The first kappa shape index (κ1) is 19.3. The van der Waals surface area contributed by atoms with E-state index in [1.165, 1.54) is 13.3 Å². The van der Waals surface area contributed by atoms with Crippen LogP contribution in [0.4, 0.5) is 11.4 Å². The first-order valence-electron chi connectivity index (χ1n) is 8.94. The molecule has 1 saturated heterocycles. The second-order valence-electron chi connectivity index (χ2n) is 6.41. The van der Waals surface area contributed by atoms with Crippen LogP contribution in [0, 0.1) is 0 Å². The molecule has 0 bridgehead atoms. The minimum Gasteiger partial charge on any atom is -0.465 e. The largest absolute Gasteiger partial charge is 0.465 e. The summed E-state index contributed by atoms with van der Waals surface area (Å²) in [7, 11) is 1.31. The highest BCUT2D eigenvalue weighted by molar-refractivity contribution is 6.06. The van der Waals surface area contributed by atoms with Gasteiger partial charge in [-0.15, -0.1) is 0 Å². The fourth-order valence-electron chi connectivity index (χ4n) is 3.11. The Morgan fingerprint density at radius 3 is 2.43 bits per heavy atom. The molecule has 1 fully saturated rings. The maximum absolute atomic E-state index is 12.6. The molecule has 0 atom stereocenters. The molecular weight excluding hydrogens is 360 g/mol. The average Bonchev–Trinajstić information content (AvgIpc) is 2.73. The first-order valence-corrected chi connectivity index (χ1v) is 8.94. The van der Waals surface area contributed by atoms with E-state index in [0.717, 1.165) is 5.69 Å². The average molecular weight is 382 g/mol. The SMILES string of the molecule is COC(=O)c1ccc(N2CCN(C(C)=O)CC2)c(NC(=O)c2cccnc2)c1. The number of ether oxygens (including phenoxy) is 1. The molecular formula is C20H22N4O4. The normalized spacial score (nSPS) is 13.8. The predicted octanol–water partition coefficient (Wildman–Crippen LogP) is 1.79. The van der Waals surface area contributed by atoms with Crippen LogP contribution in [-0.4, -0.2) is 61.0 Å². The minimum absolute atomic E-state index is 0.0470. The molecule has 2 aromatic rings. The van der Waals surface area contributed by atoms with E-state index in [2.05, 4.69) is 15.2 Å². The fourth-order valence-corrected chi connectivity index (χ4v) is 3.11. The minimum atomic E-state index is -0.482. The van der Waals surface area contributed by atoms with Crippen LogP contribution in [0.2, 0.25) is 0 Å². The summed E-state index contributed by atoms with van der Waals surface area (Å²) >= 11 is 0. The molecule has 146 valence electrons. The summed E-state index contributed by atoms with van der Waals surface area (Å²) in [6, 6.07) is 8.40. The number of nitrogens with zero attached hydrogens (tertiary/aromatic N) is 3. The van der Waals surface area contributed by atoms with Gasteiger partial charge in [0.2, 0.25) is 5.91 Å². The van der Waals surface area contributed by atoms with Gasteiger partial charge in [0.05, 0.1) is 29.6 Å². The predicted molar refractivity (Wildman–Crippen MR) is 104 cm³/mol. The van der Waals surface area contributed by atoms with Gasteiger partial charge < -0.3 is 19.9 Å². The van der Waals surface area contributed by atoms with Gasteiger partial charge in [0, 0.05) is 45.5 Å². The highest BCUT2D eigenvalue weighted by atomic mass is 16.5. The number of nitrogens with one attached hydrogen (secondary N) is 1. The lowest BCUT2D eigenvalue weighted by atomic mass is 10.1. The van der Waals surface area contributed by atoms with Gasteiger partial charge in [0.1, 0.15) is 0 Å². The van der Waals surface area contributed by atoms with Crippen LogP contribution in [-0.2, 0) is 9.53 Å². The summed E-state index contributed by atoms with van der Waals surface area (Å²) < 4.78 is 4.79. The topological polar surface area (TPSA) is 91.8 Å². The highest BCUT2D eigenvalue weighted by Crippen LogP contribution is 2.29. The third-order valence-corrected chi connectivity index (χ3v) is 4.66. The number of benzene rings is 1. The number of methoxy groups -OCH3 is 1. The quantitative estimate of drug-likeness (QED) is 0.811. The Balaban J connectivity index is 1.88. The van der Waals surface area contributed by atoms with Crippen molar-refractivity contribution in [3.05, 3.63) is 53.9 Å². The zero-order chi connectivity index (χ0) is 20.1. The zero-order valence-corrected chi connectivity index (χ0v) is 15.8. The summed E-state index contributed by atoms with van der Waals surface area (Å²) in [5.74, 6) is -0.755.